The minimum Gasteiger partial charge on any atom is -0.497 e. The fraction of sp³-hybridized carbons (Fsp3) is 0.269. The van der Waals surface area contributed by atoms with Crippen molar-refractivity contribution in [2.24, 2.45) is 0 Å². The molecule has 1 aliphatic heterocycles. The molecule has 1 amide bonds. The molecule has 3 aromatic rings. The summed E-state index contributed by atoms with van der Waals surface area (Å²) in [5.74, 6) is 1.07. The smallest absolute Gasteiger partial charge is 0.264 e. The number of fused-ring (bicyclic) bond motifs is 1. The summed E-state index contributed by atoms with van der Waals surface area (Å²) in [4.78, 5) is 13.0. The lowest BCUT2D eigenvalue weighted by Crippen LogP contribution is -2.51. The van der Waals surface area contributed by atoms with E-state index < -0.39 is 22.0 Å². The average molecular weight is 531 g/mol. The Morgan fingerprint density at radius 2 is 1.86 bits per heavy atom. The van der Waals surface area contributed by atoms with Crippen LogP contribution in [0.5, 0.6) is 17.2 Å². The van der Waals surface area contributed by atoms with Crippen LogP contribution >= 0.6 is 11.6 Å². The Balaban J connectivity index is 1.49. The highest BCUT2D eigenvalue weighted by molar-refractivity contribution is 7.92. The summed E-state index contributed by atoms with van der Waals surface area (Å²) in [6, 6.07) is 16.6. The summed E-state index contributed by atoms with van der Waals surface area (Å²) in [7, 11) is -2.52. The molecule has 190 valence electrons. The van der Waals surface area contributed by atoms with E-state index in [0.717, 1.165) is 21.2 Å². The van der Waals surface area contributed by atoms with E-state index in [1.54, 1.807) is 24.3 Å². The fourth-order valence-corrected chi connectivity index (χ4v) is 5.41. The van der Waals surface area contributed by atoms with Gasteiger partial charge in [-0.2, -0.15) is 0 Å². The molecule has 1 aliphatic rings. The van der Waals surface area contributed by atoms with Crippen molar-refractivity contribution in [3.8, 4) is 17.2 Å². The van der Waals surface area contributed by atoms with Gasteiger partial charge in [-0.3, -0.25) is 9.10 Å². The quantitative estimate of drug-likeness (QED) is 0.440. The van der Waals surface area contributed by atoms with Gasteiger partial charge in [0.05, 0.1) is 30.8 Å². The van der Waals surface area contributed by atoms with Crippen LogP contribution in [0.1, 0.15) is 11.1 Å². The van der Waals surface area contributed by atoms with Gasteiger partial charge < -0.3 is 19.5 Å². The molecule has 0 radical (unpaired) electrons. The van der Waals surface area contributed by atoms with E-state index in [0.29, 0.717) is 10.8 Å². The Morgan fingerprint density at radius 3 is 2.58 bits per heavy atom. The molecule has 0 aliphatic carbocycles. The molecule has 10 heteroatoms. The first-order valence-electron chi connectivity index (χ1n) is 11.3. The van der Waals surface area contributed by atoms with E-state index in [4.69, 9.17) is 25.8 Å². The highest BCUT2D eigenvalue weighted by Crippen LogP contribution is 2.39. The molecular weight excluding hydrogens is 504 g/mol. The molecule has 1 heterocycles. The number of amides is 1. The van der Waals surface area contributed by atoms with Crippen molar-refractivity contribution in [3.05, 3.63) is 76.8 Å². The van der Waals surface area contributed by atoms with Gasteiger partial charge in [-0.25, -0.2) is 8.42 Å². The van der Waals surface area contributed by atoms with Gasteiger partial charge in [0, 0.05) is 5.02 Å². The van der Waals surface area contributed by atoms with Crippen LogP contribution < -0.4 is 23.8 Å². The van der Waals surface area contributed by atoms with Gasteiger partial charge in [-0.15, -0.1) is 0 Å². The van der Waals surface area contributed by atoms with Crippen molar-refractivity contribution in [1.29, 1.82) is 0 Å². The van der Waals surface area contributed by atoms with Gasteiger partial charge in [-0.05, 0) is 73.5 Å². The number of anilines is 1. The van der Waals surface area contributed by atoms with Crippen molar-refractivity contribution in [3.63, 3.8) is 0 Å². The molecule has 0 saturated carbocycles. The molecule has 36 heavy (non-hydrogen) atoms. The van der Waals surface area contributed by atoms with Crippen LogP contribution in [0, 0.1) is 13.8 Å². The zero-order chi connectivity index (χ0) is 25.9. The summed E-state index contributed by atoms with van der Waals surface area (Å²) >= 11 is 6.15. The fourth-order valence-electron chi connectivity index (χ4n) is 3.78. The van der Waals surface area contributed by atoms with Gasteiger partial charge in [0.25, 0.3) is 15.9 Å². The van der Waals surface area contributed by atoms with E-state index in [1.165, 1.54) is 25.3 Å². The van der Waals surface area contributed by atoms with E-state index >= 15 is 0 Å². The number of benzene rings is 3. The average Bonchev–Trinajstić information content (AvgIpc) is 2.87. The molecule has 0 bridgehead atoms. The van der Waals surface area contributed by atoms with Crippen molar-refractivity contribution in [2.45, 2.75) is 24.8 Å². The molecular formula is C26H27ClN2O6S. The molecule has 0 spiro atoms. The van der Waals surface area contributed by atoms with Crippen molar-refractivity contribution in [2.75, 3.05) is 31.1 Å². The number of sulfonamides is 1. The molecule has 0 aromatic heterocycles. The number of hydrogen-bond donors (Lipinski definition) is 1. The summed E-state index contributed by atoms with van der Waals surface area (Å²) < 4.78 is 45.0. The van der Waals surface area contributed by atoms with E-state index in [9.17, 15) is 13.2 Å². The second-order valence-electron chi connectivity index (χ2n) is 8.34. The third-order valence-electron chi connectivity index (χ3n) is 5.73. The number of nitrogens with zero attached hydrogens (tertiary/aromatic N) is 1. The first-order valence-corrected chi connectivity index (χ1v) is 13.1. The Morgan fingerprint density at radius 1 is 1.11 bits per heavy atom. The number of hydrogen-bond acceptors (Lipinski definition) is 6. The van der Waals surface area contributed by atoms with Crippen molar-refractivity contribution < 1.29 is 27.4 Å². The largest absolute Gasteiger partial charge is 0.497 e. The van der Waals surface area contributed by atoms with Crippen molar-refractivity contribution in [1.82, 2.24) is 5.32 Å². The van der Waals surface area contributed by atoms with Crippen LogP contribution in [-0.4, -0.2) is 47.2 Å². The molecule has 1 N–H and O–H groups in total. The van der Waals surface area contributed by atoms with Crippen LogP contribution in [0.3, 0.4) is 0 Å². The predicted molar refractivity (Wildman–Crippen MR) is 138 cm³/mol. The lowest BCUT2D eigenvalue weighted by Gasteiger charge is -2.34. The maximum absolute atomic E-state index is 13.5. The SMILES string of the molecule is COc1ccc(S(=O)(=O)N2C[C@@H](C(=O)NCCOc3cc(C)ccc3C)Oc3ccc(Cl)cc32)cc1. The monoisotopic (exact) mass is 530 g/mol. The summed E-state index contributed by atoms with van der Waals surface area (Å²) in [6.07, 6.45) is -1.06. The number of aryl methyl sites for hydroxylation is 2. The van der Waals surface area contributed by atoms with Crippen molar-refractivity contribution >= 4 is 33.2 Å². The molecule has 1 atom stereocenters. The Kier molecular flexibility index (Phi) is 7.61. The number of rotatable bonds is 8. The number of nitrogens with one attached hydrogen (secondary N) is 1. The number of carbonyl (C=O) groups excluding carboxylic acids is 1. The Hall–Kier alpha value is -3.43. The maximum Gasteiger partial charge on any atom is 0.264 e. The van der Waals surface area contributed by atoms with Gasteiger partial charge in [0.1, 0.15) is 23.9 Å². The number of carbonyl (C=O) groups is 1. The van der Waals surface area contributed by atoms with E-state index in [1.807, 2.05) is 32.0 Å². The first kappa shape index (κ1) is 25.7. The molecule has 4 rings (SSSR count). The minimum atomic E-state index is -4.02. The third-order valence-corrected chi connectivity index (χ3v) is 7.76. The Bertz CT molecular complexity index is 1360. The van der Waals surface area contributed by atoms with Gasteiger partial charge in [0.2, 0.25) is 0 Å². The third kappa shape index (κ3) is 5.52. The summed E-state index contributed by atoms with van der Waals surface area (Å²) in [5, 5.41) is 3.12. The zero-order valence-electron chi connectivity index (χ0n) is 20.2. The van der Waals surface area contributed by atoms with Gasteiger partial charge >= 0.3 is 0 Å². The molecule has 0 fully saturated rings. The van der Waals surface area contributed by atoms with Gasteiger partial charge in [0.15, 0.2) is 6.10 Å². The predicted octanol–water partition coefficient (Wildman–Crippen LogP) is 4.12. The van der Waals surface area contributed by atoms with Gasteiger partial charge in [-0.1, -0.05) is 23.7 Å². The van der Waals surface area contributed by atoms with Crippen LogP contribution in [0.15, 0.2) is 65.6 Å². The van der Waals surface area contributed by atoms with Crippen LogP contribution in [0.2, 0.25) is 5.02 Å². The molecule has 3 aromatic carbocycles. The summed E-state index contributed by atoms with van der Waals surface area (Å²) in [5.41, 5.74) is 2.34. The maximum atomic E-state index is 13.5. The lowest BCUT2D eigenvalue weighted by atomic mass is 10.1. The standard InChI is InChI=1S/C26H27ClN2O6S/c1-17-4-5-18(2)24(14-17)34-13-12-28-26(30)25-16-29(22-15-19(27)6-11-23(22)35-25)36(31,32)21-9-7-20(33-3)8-10-21/h4-11,14-15,25H,12-13,16H2,1-3H3,(H,28,30)/t25-/m0/s1. The first-order chi connectivity index (χ1) is 17.2. The number of methoxy groups -OCH3 is 1. The Labute approximate surface area is 215 Å². The van der Waals surface area contributed by atoms with E-state index in [2.05, 4.69) is 5.32 Å². The van der Waals surface area contributed by atoms with Crippen LogP contribution in [0.4, 0.5) is 5.69 Å². The summed E-state index contributed by atoms with van der Waals surface area (Å²) in [6.45, 7) is 4.19. The molecule has 0 saturated heterocycles. The number of halogens is 1. The highest BCUT2D eigenvalue weighted by atomic mass is 35.5. The topological polar surface area (TPSA) is 94.2 Å². The zero-order valence-corrected chi connectivity index (χ0v) is 21.7. The van der Waals surface area contributed by atoms with Crippen LogP contribution in [-0.2, 0) is 14.8 Å². The number of ether oxygens (including phenoxy) is 3. The minimum absolute atomic E-state index is 0.0530. The second-order valence-corrected chi connectivity index (χ2v) is 10.6. The van der Waals surface area contributed by atoms with E-state index in [-0.39, 0.29) is 36.0 Å². The molecule has 8 nitrogen and oxygen atoms in total. The molecule has 0 unspecified atom stereocenters. The van der Waals surface area contributed by atoms with Crippen LogP contribution in [0.25, 0.3) is 0 Å². The normalized spacial score (nSPS) is 15.0. The lowest BCUT2D eigenvalue weighted by molar-refractivity contribution is -0.127. The highest BCUT2D eigenvalue weighted by Gasteiger charge is 2.37. The second kappa shape index (κ2) is 10.7.